The average Bonchev–Trinajstić information content (AvgIpc) is 2.57. The van der Waals surface area contributed by atoms with Crippen LogP contribution in [0.25, 0.3) is 0 Å². The van der Waals surface area contributed by atoms with Gasteiger partial charge >= 0.3 is 0 Å². The van der Waals surface area contributed by atoms with Gasteiger partial charge in [-0.05, 0) is 36.8 Å². The van der Waals surface area contributed by atoms with Crippen molar-refractivity contribution in [3.8, 4) is 0 Å². The first-order valence-electron chi connectivity index (χ1n) is 7.30. The Hall–Kier alpha value is -2.12. The number of nitrogens with zero attached hydrogens (tertiary/aromatic N) is 2. The van der Waals surface area contributed by atoms with E-state index in [-0.39, 0.29) is 17.6 Å². The number of carbonyl (C=O) groups excluding carboxylic acids is 2. The minimum absolute atomic E-state index is 0.124. The summed E-state index contributed by atoms with van der Waals surface area (Å²) in [6.07, 6.45) is 0.376. The van der Waals surface area contributed by atoms with Crippen molar-refractivity contribution in [2.24, 2.45) is 0 Å². The third kappa shape index (κ3) is 5.50. The Kier molecular flexibility index (Phi) is 6.57. The molecule has 0 atom stereocenters. The highest BCUT2D eigenvalue weighted by Gasteiger charge is 2.07. The molecule has 2 rings (SSSR count). The predicted molar refractivity (Wildman–Crippen MR) is 96.5 cm³/mol. The molecule has 0 unspecified atom stereocenters. The van der Waals surface area contributed by atoms with Crippen LogP contribution in [-0.2, 0) is 9.59 Å². The molecule has 0 aliphatic carbocycles. The van der Waals surface area contributed by atoms with E-state index >= 15 is 0 Å². The molecule has 2 aromatic rings. The molecule has 0 saturated carbocycles. The summed E-state index contributed by atoms with van der Waals surface area (Å²) in [5.74, 6) is 0.303. The molecule has 126 valence electrons. The number of carbonyl (C=O) groups is 2. The molecule has 1 aromatic carbocycles. The zero-order valence-corrected chi connectivity index (χ0v) is 14.9. The van der Waals surface area contributed by atoms with Crippen LogP contribution in [-0.4, -0.2) is 27.8 Å². The first-order valence-corrected chi connectivity index (χ1v) is 8.66. The summed E-state index contributed by atoms with van der Waals surface area (Å²) in [5.41, 5.74) is 1.61. The van der Waals surface area contributed by atoms with Crippen molar-refractivity contribution < 1.29 is 9.59 Å². The summed E-state index contributed by atoms with van der Waals surface area (Å²) in [5, 5.41) is 14.5. The second-order valence-electron chi connectivity index (χ2n) is 4.96. The van der Waals surface area contributed by atoms with E-state index in [2.05, 4.69) is 20.8 Å². The van der Waals surface area contributed by atoms with E-state index in [1.807, 2.05) is 13.0 Å². The van der Waals surface area contributed by atoms with Crippen molar-refractivity contribution >= 4 is 46.7 Å². The lowest BCUT2D eigenvalue weighted by atomic mass is 10.2. The van der Waals surface area contributed by atoms with Crippen molar-refractivity contribution in [2.75, 3.05) is 16.4 Å². The van der Waals surface area contributed by atoms with Crippen molar-refractivity contribution in [1.82, 2.24) is 10.2 Å². The van der Waals surface area contributed by atoms with Crippen LogP contribution in [0, 0.1) is 6.92 Å². The Morgan fingerprint density at radius 1 is 1.12 bits per heavy atom. The smallest absolute Gasteiger partial charge is 0.234 e. The van der Waals surface area contributed by atoms with Crippen LogP contribution in [0.4, 0.5) is 11.5 Å². The molecule has 0 saturated heterocycles. The summed E-state index contributed by atoms with van der Waals surface area (Å²) in [7, 11) is 0. The molecule has 1 aromatic heterocycles. The van der Waals surface area contributed by atoms with Gasteiger partial charge in [0.25, 0.3) is 0 Å². The first kappa shape index (κ1) is 18.2. The first-order chi connectivity index (χ1) is 11.5. The van der Waals surface area contributed by atoms with Crippen LogP contribution in [0.5, 0.6) is 0 Å². The number of halogens is 1. The Morgan fingerprint density at radius 2 is 1.92 bits per heavy atom. The fourth-order valence-electron chi connectivity index (χ4n) is 1.70. The molecular formula is C16H17ClN4O2S. The van der Waals surface area contributed by atoms with Crippen LogP contribution in [0.3, 0.4) is 0 Å². The lowest BCUT2D eigenvalue weighted by molar-refractivity contribution is -0.116. The van der Waals surface area contributed by atoms with Gasteiger partial charge in [-0.3, -0.25) is 9.59 Å². The van der Waals surface area contributed by atoms with Crippen LogP contribution < -0.4 is 10.6 Å². The van der Waals surface area contributed by atoms with E-state index in [9.17, 15) is 9.59 Å². The van der Waals surface area contributed by atoms with E-state index < -0.39 is 0 Å². The van der Waals surface area contributed by atoms with Gasteiger partial charge in [-0.15, -0.1) is 10.2 Å². The van der Waals surface area contributed by atoms with Crippen LogP contribution in [0.1, 0.15) is 18.9 Å². The minimum atomic E-state index is -0.162. The zero-order chi connectivity index (χ0) is 17.5. The lowest BCUT2D eigenvalue weighted by Crippen LogP contribution is -2.14. The van der Waals surface area contributed by atoms with E-state index in [0.717, 1.165) is 5.56 Å². The van der Waals surface area contributed by atoms with Crippen molar-refractivity contribution in [1.29, 1.82) is 0 Å². The average molecular weight is 365 g/mol. The van der Waals surface area contributed by atoms with Gasteiger partial charge in [0.2, 0.25) is 11.8 Å². The quantitative estimate of drug-likeness (QED) is 0.766. The van der Waals surface area contributed by atoms with Gasteiger partial charge in [-0.25, -0.2) is 0 Å². The molecule has 6 nitrogen and oxygen atoms in total. The molecule has 0 aliphatic heterocycles. The Bertz CT molecular complexity index is 737. The molecule has 0 radical (unpaired) electrons. The molecule has 0 aliphatic rings. The molecule has 2 N–H and O–H groups in total. The van der Waals surface area contributed by atoms with Crippen molar-refractivity contribution in [2.45, 2.75) is 25.3 Å². The highest BCUT2D eigenvalue weighted by molar-refractivity contribution is 7.99. The Labute approximate surface area is 149 Å². The van der Waals surface area contributed by atoms with E-state index in [1.54, 1.807) is 31.2 Å². The fraction of sp³-hybridized carbons (Fsp3) is 0.250. The SMILES string of the molecule is CCC(=O)Nc1ccc(SCC(=O)Nc2ccc(C)c(Cl)c2)nn1. The molecule has 24 heavy (non-hydrogen) atoms. The second kappa shape index (κ2) is 8.65. The monoisotopic (exact) mass is 364 g/mol. The standard InChI is InChI=1S/C16H17ClN4O2S/c1-3-14(22)19-13-6-7-16(21-20-13)24-9-15(23)18-11-5-4-10(2)12(17)8-11/h4-8H,3,9H2,1-2H3,(H,18,23)(H,19,20,22). The molecule has 0 fully saturated rings. The second-order valence-corrected chi connectivity index (χ2v) is 6.36. The third-order valence-electron chi connectivity index (χ3n) is 3.04. The van der Waals surface area contributed by atoms with Gasteiger partial charge in [-0.1, -0.05) is 36.4 Å². The number of rotatable bonds is 6. The molecular weight excluding hydrogens is 348 g/mol. The van der Waals surface area contributed by atoms with Gasteiger partial charge in [0.05, 0.1) is 5.75 Å². The van der Waals surface area contributed by atoms with Gasteiger partial charge in [0, 0.05) is 17.1 Å². The predicted octanol–water partition coefficient (Wildman–Crippen LogP) is 3.52. The molecule has 0 spiro atoms. The number of aromatic nitrogens is 2. The molecule has 8 heteroatoms. The number of amides is 2. The van der Waals surface area contributed by atoms with E-state index in [1.165, 1.54) is 11.8 Å². The maximum Gasteiger partial charge on any atom is 0.234 e. The number of hydrogen-bond acceptors (Lipinski definition) is 5. The summed E-state index contributed by atoms with van der Waals surface area (Å²) < 4.78 is 0. The number of hydrogen-bond donors (Lipinski definition) is 2. The number of benzene rings is 1. The summed E-state index contributed by atoms with van der Waals surface area (Å²) >= 11 is 7.28. The molecule has 1 heterocycles. The third-order valence-corrected chi connectivity index (χ3v) is 4.36. The van der Waals surface area contributed by atoms with Crippen LogP contribution >= 0.6 is 23.4 Å². The highest BCUT2D eigenvalue weighted by atomic mass is 35.5. The minimum Gasteiger partial charge on any atom is -0.325 e. The summed E-state index contributed by atoms with van der Waals surface area (Å²) in [6.45, 7) is 3.65. The maximum absolute atomic E-state index is 12.0. The largest absolute Gasteiger partial charge is 0.325 e. The topological polar surface area (TPSA) is 84.0 Å². The molecule has 0 bridgehead atoms. The zero-order valence-electron chi connectivity index (χ0n) is 13.3. The van der Waals surface area contributed by atoms with Crippen molar-refractivity contribution in [3.63, 3.8) is 0 Å². The Balaban J connectivity index is 1.85. The van der Waals surface area contributed by atoms with Gasteiger partial charge in [-0.2, -0.15) is 0 Å². The van der Waals surface area contributed by atoms with Gasteiger partial charge in [0.1, 0.15) is 5.03 Å². The number of thioether (sulfide) groups is 1. The number of anilines is 2. The normalized spacial score (nSPS) is 10.3. The highest BCUT2D eigenvalue weighted by Crippen LogP contribution is 2.21. The maximum atomic E-state index is 12.0. The molecule has 2 amide bonds. The summed E-state index contributed by atoms with van der Waals surface area (Å²) in [6, 6.07) is 8.72. The van der Waals surface area contributed by atoms with Gasteiger partial charge in [0.15, 0.2) is 5.82 Å². The van der Waals surface area contributed by atoms with Crippen molar-refractivity contribution in [3.05, 3.63) is 40.9 Å². The number of aryl methyl sites for hydroxylation is 1. The van der Waals surface area contributed by atoms with E-state index in [0.29, 0.717) is 28.0 Å². The number of nitrogens with one attached hydrogen (secondary N) is 2. The van der Waals surface area contributed by atoms with Crippen LogP contribution in [0.15, 0.2) is 35.4 Å². The fourth-order valence-corrected chi connectivity index (χ4v) is 2.50. The van der Waals surface area contributed by atoms with Gasteiger partial charge < -0.3 is 10.6 Å². The van der Waals surface area contributed by atoms with Crippen LogP contribution in [0.2, 0.25) is 5.02 Å². The van der Waals surface area contributed by atoms with E-state index in [4.69, 9.17) is 11.6 Å². The lowest BCUT2D eigenvalue weighted by Gasteiger charge is -2.07. The Morgan fingerprint density at radius 3 is 2.54 bits per heavy atom. The summed E-state index contributed by atoms with van der Waals surface area (Å²) in [4.78, 5) is 23.2.